The molecule has 0 saturated heterocycles. The zero-order valence-corrected chi connectivity index (χ0v) is 10.6. The van der Waals surface area contributed by atoms with Crippen LogP contribution < -0.4 is 9.47 Å². The highest BCUT2D eigenvalue weighted by Crippen LogP contribution is 2.37. The maximum Gasteiger partial charge on any atom is 0.166 e. The lowest BCUT2D eigenvalue weighted by Gasteiger charge is -2.16. The van der Waals surface area contributed by atoms with E-state index >= 15 is 0 Å². The van der Waals surface area contributed by atoms with Crippen molar-refractivity contribution in [2.75, 3.05) is 14.2 Å². The molecule has 3 heteroatoms. The molecule has 1 aliphatic rings. The number of hydrogen-bond acceptors (Lipinski definition) is 3. The minimum Gasteiger partial charge on any atom is -0.496 e. The normalized spacial score (nSPS) is 15.1. The van der Waals surface area contributed by atoms with Gasteiger partial charge in [-0.15, -0.1) is 0 Å². The van der Waals surface area contributed by atoms with E-state index in [0.717, 1.165) is 41.7 Å². The number of methoxy groups -OCH3 is 2. The Morgan fingerprint density at radius 1 is 1.12 bits per heavy atom. The summed E-state index contributed by atoms with van der Waals surface area (Å²) in [7, 11) is 3.26. The molecule has 0 saturated carbocycles. The van der Waals surface area contributed by atoms with Crippen LogP contribution in [0.1, 0.15) is 40.7 Å². The van der Waals surface area contributed by atoms with Gasteiger partial charge >= 0.3 is 0 Å². The van der Waals surface area contributed by atoms with Crippen LogP contribution in [-0.2, 0) is 6.42 Å². The summed E-state index contributed by atoms with van der Waals surface area (Å²) in [6, 6.07) is 1.98. The summed E-state index contributed by atoms with van der Waals surface area (Å²) < 4.78 is 10.7. The molecular formula is C14H18O3. The number of hydrogen-bond donors (Lipinski definition) is 0. The number of Topliss-reactive ketones (excluding diaryl/α,β-unsaturated/α-hetero) is 1. The molecule has 0 spiro atoms. The lowest BCUT2D eigenvalue weighted by molar-refractivity contribution is 0.0979. The third kappa shape index (κ3) is 2.02. The number of benzene rings is 1. The number of aryl methyl sites for hydroxylation is 1. The highest BCUT2D eigenvalue weighted by molar-refractivity contribution is 6.01. The van der Waals surface area contributed by atoms with Crippen molar-refractivity contribution in [2.24, 2.45) is 0 Å². The van der Waals surface area contributed by atoms with Crippen molar-refractivity contribution >= 4 is 5.78 Å². The molecule has 1 aromatic carbocycles. The standard InChI is InChI=1S/C14H18O3/c1-9-12(16-2)8-10-6-4-5-7-11(15)13(10)14(9)17-3/h8H,4-7H2,1-3H3. The Morgan fingerprint density at radius 3 is 2.47 bits per heavy atom. The first-order valence-corrected chi connectivity index (χ1v) is 5.96. The van der Waals surface area contributed by atoms with Gasteiger partial charge in [0.2, 0.25) is 0 Å². The van der Waals surface area contributed by atoms with Crippen LogP contribution in [0.4, 0.5) is 0 Å². The van der Waals surface area contributed by atoms with Crippen molar-refractivity contribution in [1.29, 1.82) is 0 Å². The third-order valence-electron chi connectivity index (χ3n) is 3.37. The monoisotopic (exact) mass is 234 g/mol. The zero-order valence-electron chi connectivity index (χ0n) is 10.6. The van der Waals surface area contributed by atoms with Gasteiger partial charge in [0.05, 0.1) is 19.8 Å². The minimum atomic E-state index is 0.195. The lowest BCUT2D eigenvalue weighted by Crippen LogP contribution is -2.06. The highest BCUT2D eigenvalue weighted by atomic mass is 16.5. The van der Waals surface area contributed by atoms with Crippen LogP contribution in [0.15, 0.2) is 6.07 Å². The van der Waals surface area contributed by atoms with E-state index in [1.165, 1.54) is 0 Å². The second kappa shape index (κ2) is 4.78. The summed E-state index contributed by atoms with van der Waals surface area (Å²) >= 11 is 0. The Balaban J connectivity index is 2.66. The van der Waals surface area contributed by atoms with E-state index in [0.29, 0.717) is 12.2 Å². The smallest absolute Gasteiger partial charge is 0.166 e. The van der Waals surface area contributed by atoms with Crippen molar-refractivity contribution in [3.8, 4) is 11.5 Å². The number of ketones is 1. The molecule has 0 bridgehead atoms. The molecule has 0 N–H and O–H groups in total. The largest absolute Gasteiger partial charge is 0.496 e. The average Bonchev–Trinajstić information content (AvgIpc) is 2.51. The Bertz CT molecular complexity index is 449. The predicted molar refractivity (Wildman–Crippen MR) is 66.2 cm³/mol. The number of carbonyl (C=O) groups excluding carboxylic acids is 1. The number of fused-ring (bicyclic) bond motifs is 1. The topological polar surface area (TPSA) is 35.5 Å². The minimum absolute atomic E-state index is 0.195. The average molecular weight is 234 g/mol. The van der Waals surface area contributed by atoms with Gasteiger partial charge in [0.25, 0.3) is 0 Å². The fourth-order valence-electron chi connectivity index (χ4n) is 2.48. The van der Waals surface area contributed by atoms with Gasteiger partial charge in [-0.25, -0.2) is 0 Å². The molecule has 2 rings (SSSR count). The molecular weight excluding hydrogens is 216 g/mol. The van der Waals surface area contributed by atoms with Gasteiger partial charge in [0.15, 0.2) is 5.78 Å². The first-order chi connectivity index (χ1) is 8.19. The van der Waals surface area contributed by atoms with E-state index in [-0.39, 0.29) is 5.78 Å². The Labute approximate surface area is 102 Å². The van der Waals surface area contributed by atoms with Gasteiger partial charge in [0.1, 0.15) is 11.5 Å². The first kappa shape index (κ1) is 12.0. The summed E-state index contributed by atoms with van der Waals surface area (Å²) in [5, 5.41) is 0. The first-order valence-electron chi connectivity index (χ1n) is 5.96. The van der Waals surface area contributed by atoms with Crippen LogP contribution in [0, 0.1) is 6.92 Å². The van der Waals surface area contributed by atoms with Gasteiger partial charge in [0, 0.05) is 12.0 Å². The molecule has 1 aromatic rings. The van der Waals surface area contributed by atoms with Gasteiger partial charge in [-0.2, -0.15) is 0 Å². The Morgan fingerprint density at radius 2 is 1.82 bits per heavy atom. The van der Waals surface area contributed by atoms with E-state index in [2.05, 4.69) is 0 Å². The molecule has 17 heavy (non-hydrogen) atoms. The van der Waals surface area contributed by atoms with E-state index in [4.69, 9.17) is 9.47 Å². The summed E-state index contributed by atoms with van der Waals surface area (Å²) in [5.74, 6) is 1.68. The maximum absolute atomic E-state index is 12.1. The molecule has 0 aromatic heterocycles. The number of ether oxygens (including phenoxy) is 2. The van der Waals surface area contributed by atoms with Crippen molar-refractivity contribution in [3.63, 3.8) is 0 Å². The Kier molecular flexibility index (Phi) is 3.36. The van der Waals surface area contributed by atoms with E-state index < -0.39 is 0 Å². The molecule has 0 aliphatic heterocycles. The van der Waals surface area contributed by atoms with Crippen molar-refractivity contribution in [3.05, 3.63) is 22.8 Å². The van der Waals surface area contributed by atoms with E-state index in [1.54, 1.807) is 14.2 Å². The molecule has 0 unspecified atom stereocenters. The molecule has 1 aliphatic carbocycles. The maximum atomic E-state index is 12.1. The fourth-order valence-corrected chi connectivity index (χ4v) is 2.48. The molecule has 0 radical (unpaired) electrons. The summed E-state index contributed by atoms with van der Waals surface area (Å²) in [6.07, 6.45) is 3.55. The molecule has 0 amide bonds. The SMILES string of the molecule is COc1cc2c(c(OC)c1C)C(=O)CCCC2. The quantitative estimate of drug-likeness (QED) is 0.738. The summed E-state index contributed by atoms with van der Waals surface area (Å²) in [5.41, 5.74) is 2.74. The van der Waals surface area contributed by atoms with Gasteiger partial charge in [-0.05, 0) is 37.8 Å². The predicted octanol–water partition coefficient (Wildman–Crippen LogP) is 2.92. The van der Waals surface area contributed by atoms with Crippen molar-refractivity contribution in [2.45, 2.75) is 32.6 Å². The van der Waals surface area contributed by atoms with Crippen LogP contribution >= 0.6 is 0 Å². The second-order valence-electron chi connectivity index (χ2n) is 4.40. The third-order valence-corrected chi connectivity index (χ3v) is 3.37. The van der Waals surface area contributed by atoms with Crippen LogP contribution in [0.25, 0.3) is 0 Å². The Hall–Kier alpha value is -1.51. The summed E-state index contributed by atoms with van der Waals surface area (Å²) in [6.45, 7) is 1.93. The number of rotatable bonds is 2. The van der Waals surface area contributed by atoms with Crippen LogP contribution in [0.2, 0.25) is 0 Å². The van der Waals surface area contributed by atoms with Crippen molar-refractivity contribution < 1.29 is 14.3 Å². The molecule has 3 nitrogen and oxygen atoms in total. The summed E-state index contributed by atoms with van der Waals surface area (Å²) in [4.78, 5) is 12.1. The molecule has 92 valence electrons. The van der Waals surface area contributed by atoms with Crippen LogP contribution in [0.3, 0.4) is 0 Å². The number of carbonyl (C=O) groups is 1. The highest BCUT2D eigenvalue weighted by Gasteiger charge is 2.23. The molecule has 0 heterocycles. The van der Waals surface area contributed by atoms with Crippen molar-refractivity contribution in [1.82, 2.24) is 0 Å². The van der Waals surface area contributed by atoms with Crippen LogP contribution in [0.5, 0.6) is 11.5 Å². The van der Waals surface area contributed by atoms with Crippen LogP contribution in [-0.4, -0.2) is 20.0 Å². The second-order valence-corrected chi connectivity index (χ2v) is 4.40. The van der Waals surface area contributed by atoms with E-state index in [1.807, 2.05) is 13.0 Å². The van der Waals surface area contributed by atoms with Gasteiger partial charge in [-0.3, -0.25) is 4.79 Å². The van der Waals surface area contributed by atoms with Gasteiger partial charge < -0.3 is 9.47 Å². The fraction of sp³-hybridized carbons (Fsp3) is 0.500. The zero-order chi connectivity index (χ0) is 12.4. The lowest BCUT2D eigenvalue weighted by atomic mass is 9.97. The molecule has 0 fully saturated rings. The van der Waals surface area contributed by atoms with E-state index in [9.17, 15) is 4.79 Å². The van der Waals surface area contributed by atoms with Gasteiger partial charge in [-0.1, -0.05) is 0 Å². The molecule has 0 atom stereocenters.